The smallest absolute Gasteiger partial charge is 0.343 e. The van der Waals surface area contributed by atoms with Gasteiger partial charge in [0.25, 0.3) is 11.8 Å². The molecule has 0 bridgehead atoms. The molecule has 4 fully saturated rings. The Balaban J connectivity index is 1.00. The fourth-order valence-electron chi connectivity index (χ4n) is 8.40. The molecule has 52 heavy (non-hydrogen) atoms. The first-order valence-corrected chi connectivity index (χ1v) is 17.9. The van der Waals surface area contributed by atoms with Crippen LogP contribution in [0.5, 0.6) is 0 Å². The van der Waals surface area contributed by atoms with E-state index in [9.17, 15) is 23.2 Å². The molecule has 0 N–H and O–H groups in total. The Morgan fingerprint density at radius 1 is 1.08 bits per heavy atom. The monoisotopic (exact) mass is 716 g/mol. The highest BCUT2D eigenvalue weighted by atomic mass is 19.1. The van der Waals surface area contributed by atoms with Crippen molar-refractivity contribution in [2.24, 2.45) is 16.7 Å². The normalized spacial score (nSPS) is 22.5. The minimum absolute atomic E-state index is 0.000830. The van der Waals surface area contributed by atoms with Crippen molar-refractivity contribution in [3.63, 3.8) is 0 Å². The minimum atomic E-state index is -1.11. The van der Waals surface area contributed by atoms with Crippen LogP contribution in [0.3, 0.4) is 0 Å². The number of carbonyl (C=O) groups excluding carboxylic acids is 3. The second-order valence-electron chi connectivity index (χ2n) is 15.8. The molecule has 8 rings (SSSR count). The molecule has 5 heterocycles. The van der Waals surface area contributed by atoms with Gasteiger partial charge in [0.05, 0.1) is 37.0 Å². The highest BCUT2D eigenvalue weighted by Crippen LogP contribution is 2.55. The first kappa shape index (κ1) is 34.2. The van der Waals surface area contributed by atoms with E-state index in [4.69, 9.17) is 14.6 Å². The lowest BCUT2D eigenvalue weighted by molar-refractivity contribution is -0.145. The lowest BCUT2D eigenvalue weighted by atomic mass is 9.71. The maximum Gasteiger partial charge on any atom is 0.343 e. The largest absolute Gasteiger partial charge is 0.465 e. The molecule has 2 unspecified atom stereocenters. The quantitative estimate of drug-likeness (QED) is 0.220. The summed E-state index contributed by atoms with van der Waals surface area (Å²) in [5, 5.41) is 13.5. The molecule has 2 saturated heterocycles. The zero-order chi connectivity index (χ0) is 36.5. The van der Waals surface area contributed by atoms with Gasteiger partial charge >= 0.3 is 5.97 Å². The van der Waals surface area contributed by atoms with E-state index in [1.54, 1.807) is 4.90 Å². The van der Waals surface area contributed by atoms with Gasteiger partial charge in [-0.05, 0) is 55.4 Å². The standard InChI is InChI=1S/C37H42F2N8O5/c1-21(47-10-9-29(42-47)23-7-5-6-8-23)32-41-31(43-52-32)26-17-44(18-37(26)19-45(20-37)34(49)25-13-36(25,2)3)33(48)24-14-40-46(16-24)15-22-11-27(38)30(28(39)12-22)35(50)51-4/h9-12,14,16,21,23,25-26H,5-8,13,15,17-20H2,1-4H3/t21?,25-,26?/m1/s1. The number of hydrogen-bond donors (Lipinski definition) is 0. The average molecular weight is 717 g/mol. The number of carbonyl (C=O) groups is 3. The Morgan fingerprint density at radius 2 is 1.77 bits per heavy atom. The number of esters is 1. The zero-order valence-corrected chi connectivity index (χ0v) is 29.7. The van der Waals surface area contributed by atoms with Gasteiger partial charge in [-0.25, -0.2) is 13.6 Å². The van der Waals surface area contributed by atoms with Gasteiger partial charge in [-0.15, -0.1) is 0 Å². The molecule has 2 saturated carbocycles. The molecule has 1 spiro atoms. The van der Waals surface area contributed by atoms with Gasteiger partial charge in [0.2, 0.25) is 5.91 Å². The topological polar surface area (TPSA) is 141 Å². The molecule has 3 aromatic heterocycles. The number of methoxy groups -OCH3 is 1. The number of benzene rings is 1. The van der Waals surface area contributed by atoms with E-state index in [-0.39, 0.29) is 47.2 Å². The summed E-state index contributed by atoms with van der Waals surface area (Å²) in [5.74, 6) is -2.19. The molecule has 4 aliphatic rings. The van der Waals surface area contributed by atoms with Gasteiger partial charge in [-0.2, -0.15) is 15.2 Å². The predicted molar refractivity (Wildman–Crippen MR) is 180 cm³/mol. The molecule has 15 heteroatoms. The third-order valence-corrected chi connectivity index (χ3v) is 11.7. The summed E-state index contributed by atoms with van der Waals surface area (Å²) in [5.41, 5.74) is 0.382. The van der Waals surface area contributed by atoms with Crippen molar-refractivity contribution in [3.8, 4) is 0 Å². The molecule has 274 valence electrons. The molecule has 2 amide bonds. The lowest BCUT2D eigenvalue weighted by Gasteiger charge is -2.50. The number of nitrogens with zero attached hydrogens (tertiary/aromatic N) is 8. The Morgan fingerprint density at radius 3 is 2.44 bits per heavy atom. The van der Waals surface area contributed by atoms with Crippen molar-refractivity contribution in [2.75, 3.05) is 33.3 Å². The van der Waals surface area contributed by atoms with Gasteiger partial charge in [0.1, 0.15) is 23.2 Å². The van der Waals surface area contributed by atoms with Crippen molar-refractivity contribution in [3.05, 3.63) is 82.5 Å². The molecule has 2 aliphatic carbocycles. The first-order chi connectivity index (χ1) is 24.9. The number of rotatable bonds is 9. The van der Waals surface area contributed by atoms with Gasteiger partial charge in [-0.1, -0.05) is 31.8 Å². The number of likely N-dealkylation sites (tertiary alicyclic amines) is 2. The summed E-state index contributed by atoms with van der Waals surface area (Å²) in [4.78, 5) is 47.5. The summed E-state index contributed by atoms with van der Waals surface area (Å²) < 4.78 is 42.7. The Hall–Kier alpha value is -4.95. The van der Waals surface area contributed by atoms with Gasteiger partial charge in [-0.3, -0.25) is 19.0 Å². The van der Waals surface area contributed by atoms with E-state index in [2.05, 4.69) is 34.9 Å². The molecule has 2 aliphatic heterocycles. The molecule has 3 atom stereocenters. The van der Waals surface area contributed by atoms with Gasteiger partial charge in [0.15, 0.2) is 5.82 Å². The fraction of sp³-hybridized carbons (Fsp3) is 0.541. The highest BCUT2D eigenvalue weighted by Gasteiger charge is 2.61. The van der Waals surface area contributed by atoms with Crippen LogP contribution < -0.4 is 0 Å². The molecule has 1 aromatic carbocycles. The number of hydrogen-bond acceptors (Lipinski definition) is 9. The molecular weight excluding hydrogens is 674 g/mol. The second kappa shape index (κ2) is 12.6. The fourth-order valence-corrected chi connectivity index (χ4v) is 8.40. The number of amides is 2. The molecular formula is C37H42F2N8O5. The molecule has 13 nitrogen and oxygen atoms in total. The van der Waals surface area contributed by atoms with E-state index < -0.39 is 28.6 Å². The number of halogens is 2. The van der Waals surface area contributed by atoms with E-state index in [1.165, 1.54) is 29.9 Å². The maximum atomic E-state index is 14.6. The van der Waals surface area contributed by atoms with Gasteiger partial charge < -0.3 is 19.1 Å². The highest BCUT2D eigenvalue weighted by molar-refractivity contribution is 5.94. The van der Waals surface area contributed by atoms with E-state index in [0.29, 0.717) is 49.4 Å². The summed E-state index contributed by atoms with van der Waals surface area (Å²) >= 11 is 0. The minimum Gasteiger partial charge on any atom is -0.465 e. The second-order valence-corrected chi connectivity index (χ2v) is 15.8. The molecule has 0 radical (unpaired) electrons. The van der Waals surface area contributed by atoms with Crippen molar-refractivity contribution < 1.29 is 32.4 Å². The van der Waals surface area contributed by atoms with Crippen LogP contribution in [0, 0.1) is 28.4 Å². The van der Waals surface area contributed by atoms with Crippen LogP contribution in [0.25, 0.3) is 0 Å². The maximum absolute atomic E-state index is 14.6. The van der Waals surface area contributed by atoms with Crippen LogP contribution in [0.2, 0.25) is 0 Å². The number of ether oxygens (including phenoxy) is 1. The first-order valence-electron chi connectivity index (χ1n) is 17.9. The van der Waals surface area contributed by atoms with Crippen LogP contribution in [0.15, 0.2) is 41.3 Å². The molecule has 4 aromatic rings. The summed E-state index contributed by atoms with van der Waals surface area (Å²) in [7, 11) is 1.05. The van der Waals surface area contributed by atoms with Gasteiger partial charge in [0, 0.05) is 55.8 Å². The third kappa shape index (κ3) is 5.97. The Kier molecular flexibility index (Phi) is 8.29. The Labute approximate surface area is 299 Å². The van der Waals surface area contributed by atoms with Crippen LogP contribution in [0.1, 0.15) is 114 Å². The predicted octanol–water partition coefficient (Wildman–Crippen LogP) is 4.96. The zero-order valence-electron chi connectivity index (χ0n) is 29.7. The van der Waals surface area contributed by atoms with Crippen LogP contribution >= 0.6 is 0 Å². The van der Waals surface area contributed by atoms with Crippen LogP contribution in [-0.4, -0.2) is 90.6 Å². The van der Waals surface area contributed by atoms with Crippen LogP contribution in [-0.2, 0) is 16.1 Å². The van der Waals surface area contributed by atoms with Crippen molar-refractivity contribution in [1.82, 2.24) is 39.5 Å². The van der Waals surface area contributed by atoms with Crippen molar-refractivity contribution >= 4 is 17.8 Å². The lowest BCUT2D eigenvalue weighted by Crippen LogP contribution is -2.62. The Bertz CT molecular complexity index is 2020. The number of aromatic nitrogens is 6. The summed E-state index contributed by atoms with van der Waals surface area (Å²) in [6.07, 6.45) is 10.5. The van der Waals surface area contributed by atoms with E-state index in [1.807, 2.05) is 22.7 Å². The van der Waals surface area contributed by atoms with Crippen LogP contribution in [0.4, 0.5) is 8.78 Å². The average Bonchev–Trinajstić information content (AvgIpc) is 3.84. The van der Waals surface area contributed by atoms with Crippen molar-refractivity contribution in [1.29, 1.82) is 0 Å². The summed E-state index contributed by atoms with van der Waals surface area (Å²) in [6, 6.07) is 3.87. The summed E-state index contributed by atoms with van der Waals surface area (Å²) in [6.45, 7) is 7.80. The van der Waals surface area contributed by atoms with E-state index >= 15 is 0 Å². The van der Waals surface area contributed by atoms with E-state index in [0.717, 1.165) is 44.2 Å². The third-order valence-electron chi connectivity index (χ3n) is 11.7. The van der Waals surface area contributed by atoms with Crippen molar-refractivity contribution in [2.45, 2.75) is 77.3 Å². The SMILES string of the molecule is COC(=O)c1c(F)cc(Cn2cc(C(=O)N3CC(c4noc(C(C)n5ccc(C6CCCC6)n5)n4)C4(C3)CN(C(=O)[C@H]3CC3(C)C)C4)cn2)cc1F.